The van der Waals surface area contributed by atoms with Crippen molar-refractivity contribution in [3.63, 3.8) is 0 Å². The summed E-state index contributed by atoms with van der Waals surface area (Å²) in [5, 5.41) is 3.40. The summed E-state index contributed by atoms with van der Waals surface area (Å²) in [4.78, 5) is 18.4. The molecule has 108 valence electrons. The van der Waals surface area contributed by atoms with E-state index >= 15 is 0 Å². The number of nitrogens with one attached hydrogen (secondary N) is 1. The molecule has 5 heteroatoms. The lowest BCUT2D eigenvalue weighted by atomic mass is 10.1. The van der Waals surface area contributed by atoms with Crippen LogP contribution in [0.25, 0.3) is 0 Å². The molecular weight excluding hydrogens is 240 g/mol. The second kappa shape index (κ2) is 6.19. The van der Waals surface area contributed by atoms with Gasteiger partial charge in [0, 0.05) is 44.1 Å². The van der Waals surface area contributed by atoms with Crippen molar-refractivity contribution in [2.45, 2.75) is 46.2 Å². The Morgan fingerprint density at radius 1 is 1.42 bits per heavy atom. The number of likely N-dealkylation sites (N-methyl/N-ethyl adjacent to an activating group) is 1. The Balaban J connectivity index is 2.75. The van der Waals surface area contributed by atoms with Crippen LogP contribution in [0, 0.1) is 0 Å². The molecule has 1 rings (SSSR count). The Kier molecular flexibility index (Phi) is 5.11. The summed E-state index contributed by atoms with van der Waals surface area (Å²) in [6, 6.07) is 0.148. The van der Waals surface area contributed by atoms with Gasteiger partial charge in [-0.3, -0.25) is 4.79 Å². The van der Waals surface area contributed by atoms with Gasteiger partial charge in [-0.25, -0.2) is 4.98 Å². The molecule has 0 amide bonds. The first-order valence-electron chi connectivity index (χ1n) is 6.75. The minimum atomic E-state index is -0.0317. The van der Waals surface area contributed by atoms with Crippen LogP contribution in [0.4, 0.5) is 5.82 Å². The minimum absolute atomic E-state index is 0.0317. The molecule has 1 heterocycles. The van der Waals surface area contributed by atoms with E-state index in [0.717, 1.165) is 13.1 Å². The zero-order chi connectivity index (χ0) is 14.6. The highest BCUT2D eigenvalue weighted by Crippen LogP contribution is 2.05. The van der Waals surface area contributed by atoms with Gasteiger partial charge in [-0.15, -0.1) is 0 Å². The molecule has 0 aromatic carbocycles. The Morgan fingerprint density at radius 2 is 2.05 bits per heavy atom. The van der Waals surface area contributed by atoms with E-state index in [1.165, 1.54) is 0 Å². The van der Waals surface area contributed by atoms with Crippen LogP contribution in [0.3, 0.4) is 0 Å². The molecule has 0 saturated carbocycles. The van der Waals surface area contributed by atoms with Crippen molar-refractivity contribution in [3.8, 4) is 0 Å². The molecule has 0 saturated heterocycles. The fourth-order valence-electron chi connectivity index (χ4n) is 1.79. The Labute approximate surface area is 115 Å². The third kappa shape index (κ3) is 4.67. The number of anilines is 1. The number of aromatic nitrogens is 2. The minimum Gasteiger partial charge on any atom is -0.354 e. The number of nitrogens with zero attached hydrogens (tertiary/aromatic N) is 3. The van der Waals surface area contributed by atoms with E-state index in [2.05, 4.69) is 31.1 Å². The van der Waals surface area contributed by atoms with Gasteiger partial charge in [0.25, 0.3) is 5.56 Å². The number of hydrogen-bond acceptors (Lipinski definition) is 4. The zero-order valence-electron chi connectivity index (χ0n) is 12.9. The van der Waals surface area contributed by atoms with E-state index in [4.69, 9.17) is 0 Å². The second-order valence-corrected chi connectivity index (χ2v) is 6.16. The highest BCUT2D eigenvalue weighted by molar-refractivity contribution is 5.34. The van der Waals surface area contributed by atoms with Crippen molar-refractivity contribution in [2.24, 2.45) is 0 Å². The maximum atomic E-state index is 12.3. The largest absolute Gasteiger partial charge is 0.354 e. The topological polar surface area (TPSA) is 50.2 Å². The van der Waals surface area contributed by atoms with E-state index in [0.29, 0.717) is 5.82 Å². The van der Waals surface area contributed by atoms with Gasteiger partial charge in [0.05, 0.1) is 0 Å². The average Bonchev–Trinajstić information content (AvgIpc) is 2.26. The van der Waals surface area contributed by atoms with Gasteiger partial charge in [-0.2, -0.15) is 0 Å². The Hall–Kier alpha value is -1.36. The first kappa shape index (κ1) is 15.7. The van der Waals surface area contributed by atoms with E-state index in [9.17, 15) is 4.79 Å². The molecule has 1 N–H and O–H groups in total. The summed E-state index contributed by atoms with van der Waals surface area (Å²) in [7, 11) is 1.90. The van der Waals surface area contributed by atoms with Crippen LogP contribution < -0.4 is 15.8 Å². The third-order valence-electron chi connectivity index (χ3n) is 2.87. The summed E-state index contributed by atoms with van der Waals surface area (Å²) in [5.74, 6) is 0.506. The fraction of sp³-hybridized carbons (Fsp3) is 0.714. The van der Waals surface area contributed by atoms with Gasteiger partial charge in [0.2, 0.25) is 0 Å². The standard InChI is InChI=1S/C14H26N4O/c1-11(2)18-10-7-15-12(13(18)19)17(6)9-8-16-14(3,4)5/h7,10-11,16H,8-9H2,1-6H3. The lowest BCUT2D eigenvalue weighted by molar-refractivity contribution is 0.430. The molecular formula is C14H26N4O. The van der Waals surface area contributed by atoms with E-state index in [1.54, 1.807) is 17.0 Å². The number of hydrogen-bond donors (Lipinski definition) is 1. The molecule has 0 aliphatic heterocycles. The zero-order valence-corrected chi connectivity index (χ0v) is 12.9. The predicted molar refractivity (Wildman–Crippen MR) is 79.9 cm³/mol. The van der Waals surface area contributed by atoms with Crippen molar-refractivity contribution < 1.29 is 0 Å². The summed E-state index contributed by atoms with van der Waals surface area (Å²) >= 11 is 0. The average molecular weight is 266 g/mol. The fourth-order valence-corrected chi connectivity index (χ4v) is 1.79. The van der Waals surface area contributed by atoms with Crippen LogP contribution in [0.1, 0.15) is 40.7 Å². The lowest BCUT2D eigenvalue weighted by Crippen LogP contribution is -2.42. The number of rotatable bonds is 5. The highest BCUT2D eigenvalue weighted by atomic mass is 16.1. The van der Waals surface area contributed by atoms with Gasteiger partial charge in [-0.1, -0.05) is 0 Å². The molecule has 0 bridgehead atoms. The first-order valence-corrected chi connectivity index (χ1v) is 6.75. The summed E-state index contributed by atoms with van der Waals surface area (Å²) in [6.07, 6.45) is 3.42. The maximum Gasteiger partial charge on any atom is 0.293 e. The molecule has 0 radical (unpaired) electrons. The van der Waals surface area contributed by atoms with E-state index < -0.39 is 0 Å². The molecule has 0 aliphatic carbocycles. The van der Waals surface area contributed by atoms with Crippen molar-refractivity contribution in [1.82, 2.24) is 14.9 Å². The van der Waals surface area contributed by atoms with Crippen molar-refractivity contribution in [1.29, 1.82) is 0 Å². The van der Waals surface area contributed by atoms with Gasteiger partial charge < -0.3 is 14.8 Å². The molecule has 0 aliphatic rings. The van der Waals surface area contributed by atoms with Crippen LogP contribution >= 0.6 is 0 Å². The molecule has 0 unspecified atom stereocenters. The van der Waals surface area contributed by atoms with Gasteiger partial charge in [0.15, 0.2) is 5.82 Å². The molecule has 0 spiro atoms. The molecule has 0 fully saturated rings. The van der Waals surface area contributed by atoms with Gasteiger partial charge in [0.1, 0.15) is 0 Å². The predicted octanol–water partition coefficient (Wildman–Crippen LogP) is 1.65. The van der Waals surface area contributed by atoms with Crippen LogP contribution in [0.5, 0.6) is 0 Å². The second-order valence-electron chi connectivity index (χ2n) is 6.16. The van der Waals surface area contributed by atoms with Crippen LogP contribution in [-0.2, 0) is 0 Å². The smallest absolute Gasteiger partial charge is 0.293 e. The lowest BCUT2D eigenvalue weighted by Gasteiger charge is -2.24. The van der Waals surface area contributed by atoms with Crippen LogP contribution in [-0.4, -0.2) is 35.2 Å². The molecule has 1 aromatic heterocycles. The highest BCUT2D eigenvalue weighted by Gasteiger charge is 2.13. The van der Waals surface area contributed by atoms with Crippen LogP contribution in [0.15, 0.2) is 17.2 Å². The van der Waals surface area contributed by atoms with Crippen molar-refractivity contribution in [3.05, 3.63) is 22.7 Å². The Bertz CT molecular complexity index is 459. The van der Waals surface area contributed by atoms with E-state index in [-0.39, 0.29) is 17.1 Å². The van der Waals surface area contributed by atoms with Crippen LogP contribution in [0.2, 0.25) is 0 Å². The summed E-state index contributed by atoms with van der Waals surface area (Å²) in [5.41, 5.74) is 0.0547. The van der Waals surface area contributed by atoms with Gasteiger partial charge in [-0.05, 0) is 34.6 Å². The quantitative estimate of drug-likeness (QED) is 0.880. The Morgan fingerprint density at radius 3 is 2.58 bits per heavy atom. The van der Waals surface area contributed by atoms with Gasteiger partial charge >= 0.3 is 0 Å². The maximum absolute atomic E-state index is 12.3. The summed E-state index contributed by atoms with van der Waals surface area (Å²) < 4.78 is 1.70. The molecule has 5 nitrogen and oxygen atoms in total. The molecule has 19 heavy (non-hydrogen) atoms. The van der Waals surface area contributed by atoms with Crippen molar-refractivity contribution >= 4 is 5.82 Å². The molecule has 1 aromatic rings. The SMILES string of the molecule is CC(C)n1ccnc(N(C)CCNC(C)(C)C)c1=O. The monoisotopic (exact) mass is 266 g/mol. The third-order valence-corrected chi connectivity index (χ3v) is 2.87. The normalized spacial score (nSPS) is 11.9. The first-order chi connectivity index (χ1) is 8.72. The summed E-state index contributed by atoms with van der Waals surface area (Å²) in [6.45, 7) is 11.9. The molecule has 0 atom stereocenters. The van der Waals surface area contributed by atoms with Crippen molar-refractivity contribution in [2.75, 3.05) is 25.0 Å². The van der Waals surface area contributed by atoms with E-state index in [1.807, 2.05) is 25.8 Å².